The zero-order chi connectivity index (χ0) is 18.8. The number of nitrogens with zero attached hydrogens (tertiary/aromatic N) is 2. The normalized spacial score (nSPS) is 12.2. The second kappa shape index (κ2) is 7.11. The lowest BCUT2D eigenvalue weighted by molar-refractivity contribution is 0.0905. The predicted molar refractivity (Wildman–Crippen MR) is 105 cm³/mol. The first-order chi connectivity index (χ1) is 13.1. The van der Waals surface area contributed by atoms with Crippen LogP contribution in [-0.2, 0) is 6.54 Å². The molecule has 5 nitrogen and oxygen atoms in total. The maximum Gasteiger partial charge on any atom is 0.287 e. The minimum absolute atomic E-state index is 0.215. The third-order valence-electron chi connectivity index (χ3n) is 4.73. The lowest BCUT2D eigenvalue weighted by Gasteiger charge is -2.19. The minimum atomic E-state index is -0.220. The highest BCUT2D eigenvalue weighted by atomic mass is 16.3. The molecule has 1 atom stereocenters. The van der Waals surface area contributed by atoms with Gasteiger partial charge in [-0.3, -0.25) is 9.48 Å². The summed E-state index contributed by atoms with van der Waals surface area (Å²) < 4.78 is 7.67. The molecule has 0 aliphatic heterocycles. The van der Waals surface area contributed by atoms with Gasteiger partial charge >= 0.3 is 0 Å². The molecule has 5 heteroatoms. The van der Waals surface area contributed by atoms with E-state index in [0.717, 1.165) is 27.7 Å². The highest BCUT2D eigenvalue weighted by molar-refractivity contribution is 5.99. The van der Waals surface area contributed by atoms with Gasteiger partial charge in [-0.1, -0.05) is 42.0 Å². The highest BCUT2D eigenvalue weighted by Gasteiger charge is 2.22. The number of aryl methyl sites for hydroxylation is 2. The van der Waals surface area contributed by atoms with Crippen LogP contribution in [0.3, 0.4) is 0 Å². The van der Waals surface area contributed by atoms with Gasteiger partial charge in [-0.2, -0.15) is 5.10 Å². The molecule has 1 N–H and O–H groups in total. The molecule has 2 aromatic carbocycles. The van der Waals surface area contributed by atoms with E-state index in [9.17, 15) is 4.79 Å². The highest BCUT2D eigenvalue weighted by Crippen LogP contribution is 2.27. The maximum atomic E-state index is 13.0. The third-order valence-corrected chi connectivity index (χ3v) is 4.73. The van der Waals surface area contributed by atoms with Gasteiger partial charge in [0.25, 0.3) is 5.91 Å². The predicted octanol–water partition coefficient (Wildman–Crippen LogP) is 4.42. The molecule has 0 saturated carbocycles. The first kappa shape index (κ1) is 17.1. The largest absolute Gasteiger partial charge is 0.451 e. The van der Waals surface area contributed by atoms with Crippen LogP contribution in [0, 0.1) is 13.8 Å². The van der Waals surface area contributed by atoms with Gasteiger partial charge < -0.3 is 9.73 Å². The number of benzene rings is 2. The van der Waals surface area contributed by atoms with Crippen molar-refractivity contribution in [2.75, 3.05) is 0 Å². The lowest BCUT2D eigenvalue weighted by atomic mass is 10.1. The van der Waals surface area contributed by atoms with Crippen LogP contribution in [0.25, 0.3) is 11.0 Å². The molecule has 27 heavy (non-hydrogen) atoms. The monoisotopic (exact) mass is 359 g/mol. The second-order valence-electron chi connectivity index (χ2n) is 6.72. The van der Waals surface area contributed by atoms with Gasteiger partial charge in [0, 0.05) is 23.3 Å². The Bertz CT molecular complexity index is 1070. The summed E-state index contributed by atoms with van der Waals surface area (Å²) in [5, 5.41) is 8.35. The molecule has 0 aliphatic carbocycles. The topological polar surface area (TPSA) is 60.1 Å². The van der Waals surface area contributed by atoms with Crippen molar-refractivity contribution in [3.05, 3.63) is 89.4 Å². The minimum Gasteiger partial charge on any atom is -0.451 e. The van der Waals surface area contributed by atoms with Crippen molar-refractivity contribution < 1.29 is 9.21 Å². The fourth-order valence-electron chi connectivity index (χ4n) is 3.29. The Kier molecular flexibility index (Phi) is 4.50. The van der Waals surface area contributed by atoms with Crippen molar-refractivity contribution in [2.24, 2.45) is 0 Å². The fraction of sp³-hybridized carbons (Fsp3) is 0.182. The summed E-state index contributed by atoms with van der Waals surface area (Å²) >= 11 is 0. The van der Waals surface area contributed by atoms with E-state index in [0.29, 0.717) is 12.3 Å². The van der Waals surface area contributed by atoms with E-state index in [2.05, 4.69) is 10.4 Å². The molecule has 4 aromatic rings. The van der Waals surface area contributed by atoms with E-state index in [1.165, 1.54) is 0 Å². The maximum absolute atomic E-state index is 13.0. The second-order valence-corrected chi connectivity index (χ2v) is 6.72. The van der Waals surface area contributed by atoms with Crippen LogP contribution in [0.2, 0.25) is 0 Å². The molecule has 1 unspecified atom stereocenters. The number of carbonyl (C=O) groups excluding carboxylic acids is 1. The van der Waals surface area contributed by atoms with E-state index < -0.39 is 0 Å². The number of hydrogen-bond acceptors (Lipinski definition) is 3. The summed E-state index contributed by atoms with van der Waals surface area (Å²) in [5.41, 5.74) is 3.74. The number of aromatic nitrogens is 2. The zero-order valence-electron chi connectivity index (χ0n) is 15.3. The molecular formula is C22H21N3O2. The lowest BCUT2D eigenvalue weighted by Crippen LogP contribution is -2.31. The average molecular weight is 359 g/mol. The summed E-state index contributed by atoms with van der Waals surface area (Å²) in [6.07, 6.45) is 3.62. The van der Waals surface area contributed by atoms with E-state index >= 15 is 0 Å². The van der Waals surface area contributed by atoms with Crippen LogP contribution in [0.5, 0.6) is 0 Å². The van der Waals surface area contributed by atoms with Gasteiger partial charge in [0.15, 0.2) is 5.76 Å². The van der Waals surface area contributed by atoms with E-state index in [1.54, 1.807) is 6.20 Å². The molecule has 0 bridgehead atoms. The SMILES string of the molecule is Cc1ccc2oc(C(=O)NC(Cn3cccn3)c3ccccc3)c(C)c2c1. The summed E-state index contributed by atoms with van der Waals surface area (Å²) in [6, 6.07) is 17.5. The molecule has 0 aliphatic rings. The Labute approximate surface area is 157 Å². The summed E-state index contributed by atoms with van der Waals surface area (Å²) in [4.78, 5) is 13.0. The van der Waals surface area contributed by atoms with Crippen LogP contribution in [-0.4, -0.2) is 15.7 Å². The van der Waals surface area contributed by atoms with Crippen LogP contribution in [0.15, 0.2) is 71.4 Å². The van der Waals surface area contributed by atoms with Gasteiger partial charge in [-0.05, 0) is 37.6 Å². The summed E-state index contributed by atoms with van der Waals surface area (Å²) in [6.45, 7) is 4.49. The van der Waals surface area contributed by atoms with Crippen molar-refractivity contribution >= 4 is 16.9 Å². The zero-order valence-corrected chi connectivity index (χ0v) is 15.3. The van der Waals surface area contributed by atoms with Gasteiger partial charge in [0.1, 0.15) is 5.58 Å². The van der Waals surface area contributed by atoms with Gasteiger partial charge in [0.05, 0.1) is 12.6 Å². The van der Waals surface area contributed by atoms with Crippen LogP contribution >= 0.6 is 0 Å². The first-order valence-electron chi connectivity index (χ1n) is 8.95. The Morgan fingerprint density at radius 1 is 1.15 bits per heavy atom. The number of hydrogen-bond donors (Lipinski definition) is 1. The molecule has 1 amide bonds. The molecule has 0 fully saturated rings. The Morgan fingerprint density at radius 3 is 2.70 bits per heavy atom. The Morgan fingerprint density at radius 2 is 1.96 bits per heavy atom. The summed E-state index contributed by atoms with van der Waals surface area (Å²) in [7, 11) is 0. The van der Waals surface area contributed by atoms with Gasteiger partial charge in [-0.15, -0.1) is 0 Å². The van der Waals surface area contributed by atoms with Crippen molar-refractivity contribution in [1.82, 2.24) is 15.1 Å². The molecule has 4 rings (SSSR count). The molecule has 0 saturated heterocycles. The quantitative estimate of drug-likeness (QED) is 0.574. The smallest absolute Gasteiger partial charge is 0.287 e. The molecule has 2 aromatic heterocycles. The van der Waals surface area contributed by atoms with Crippen LogP contribution < -0.4 is 5.32 Å². The number of rotatable bonds is 5. The number of amides is 1. The Balaban J connectivity index is 1.64. The standard InChI is InChI=1S/C22H21N3O2/c1-15-9-10-20-18(13-15)16(2)21(27-20)22(26)24-19(14-25-12-6-11-23-25)17-7-4-3-5-8-17/h3-13,19H,14H2,1-2H3,(H,24,26). The van der Waals surface area contributed by atoms with Gasteiger partial charge in [-0.25, -0.2) is 0 Å². The van der Waals surface area contributed by atoms with Crippen molar-refractivity contribution in [3.8, 4) is 0 Å². The summed E-state index contributed by atoms with van der Waals surface area (Å²) in [5.74, 6) is 0.138. The van der Waals surface area contributed by atoms with Crippen LogP contribution in [0.1, 0.15) is 33.3 Å². The fourth-order valence-corrected chi connectivity index (χ4v) is 3.29. The van der Waals surface area contributed by atoms with E-state index in [4.69, 9.17) is 4.42 Å². The number of furan rings is 1. The van der Waals surface area contributed by atoms with E-state index in [1.807, 2.05) is 79.3 Å². The van der Waals surface area contributed by atoms with Crippen molar-refractivity contribution in [1.29, 1.82) is 0 Å². The molecule has 0 radical (unpaired) electrons. The third kappa shape index (κ3) is 3.49. The number of fused-ring (bicyclic) bond motifs is 1. The molecule has 0 spiro atoms. The molecule has 136 valence electrons. The van der Waals surface area contributed by atoms with Crippen LogP contribution in [0.4, 0.5) is 0 Å². The first-order valence-corrected chi connectivity index (χ1v) is 8.95. The van der Waals surface area contributed by atoms with Gasteiger partial charge in [0.2, 0.25) is 0 Å². The number of carbonyl (C=O) groups is 1. The van der Waals surface area contributed by atoms with Crippen molar-refractivity contribution in [2.45, 2.75) is 26.4 Å². The average Bonchev–Trinajstić information content (AvgIpc) is 3.30. The van der Waals surface area contributed by atoms with E-state index in [-0.39, 0.29) is 11.9 Å². The van der Waals surface area contributed by atoms with Crippen molar-refractivity contribution in [3.63, 3.8) is 0 Å². The Hall–Kier alpha value is -3.34. The number of nitrogens with one attached hydrogen (secondary N) is 1. The molecular weight excluding hydrogens is 338 g/mol. The molecule has 2 heterocycles.